The number of aliphatic carboxylic acids is 1. The maximum absolute atomic E-state index is 13.4. The quantitative estimate of drug-likeness (QED) is 0.549. The van der Waals surface area contributed by atoms with Gasteiger partial charge in [-0.1, -0.05) is 23.7 Å². The van der Waals surface area contributed by atoms with Crippen molar-refractivity contribution in [3.05, 3.63) is 70.6 Å². The maximum Gasteiger partial charge on any atom is 0.303 e. The average molecular weight is 456 g/mol. The molecule has 0 radical (unpaired) electrons. The van der Waals surface area contributed by atoms with Crippen LogP contribution in [0.3, 0.4) is 0 Å². The third-order valence-electron chi connectivity index (χ3n) is 5.26. The Hall–Kier alpha value is -3.52. The van der Waals surface area contributed by atoms with E-state index in [1.165, 1.54) is 17.1 Å². The monoisotopic (exact) mass is 455 g/mol. The standard InChI is InChI=1S/C23H19ClFN3O4/c1-32-16-6-7-18-14(10-16)11-17(23(24)26-18)20-12-19(13-2-4-15(25)5-3-13)27-28(20)21(29)8-9-22(30)31/h2-7,10-11,20H,8-9,12H2,1H3,(H,30,31)/t20-/m1/s1. The van der Waals surface area contributed by atoms with Crippen LogP contribution in [-0.4, -0.2) is 39.8 Å². The largest absolute Gasteiger partial charge is 0.497 e. The van der Waals surface area contributed by atoms with E-state index in [0.29, 0.717) is 34.5 Å². The average Bonchev–Trinajstić information content (AvgIpc) is 3.22. The number of methoxy groups -OCH3 is 1. The Morgan fingerprint density at radius 1 is 1.19 bits per heavy atom. The zero-order valence-electron chi connectivity index (χ0n) is 17.1. The zero-order valence-corrected chi connectivity index (χ0v) is 17.8. The zero-order chi connectivity index (χ0) is 22.8. The van der Waals surface area contributed by atoms with Gasteiger partial charge in [0.15, 0.2) is 0 Å². The van der Waals surface area contributed by atoms with E-state index in [-0.39, 0.29) is 23.8 Å². The van der Waals surface area contributed by atoms with E-state index < -0.39 is 17.9 Å². The number of hydrogen-bond donors (Lipinski definition) is 1. The molecule has 0 fully saturated rings. The summed E-state index contributed by atoms with van der Waals surface area (Å²) < 4.78 is 18.6. The molecular weight excluding hydrogens is 437 g/mol. The van der Waals surface area contributed by atoms with Crippen molar-refractivity contribution in [3.63, 3.8) is 0 Å². The first-order valence-electron chi connectivity index (χ1n) is 9.87. The molecule has 9 heteroatoms. The van der Waals surface area contributed by atoms with Crippen molar-refractivity contribution < 1.29 is 23.8 Å². The molecule has 7 nitrogen and oxygen atoms in total. The molecule has 1 aliphatic rings. The van der Waals surface area contributed by atoms with E-state index in [1.54, 1.807) is 31.4 Å². The lowest BCUT2D eigenvalue weighted by molar-refractivity contribution is -0.141. The minimum Gasteiger partial charge on any atom is -0.497 e. The van der Waals surface area contributed by atoms with Gasteiger partial charge in [0.2, 0.25) is 5.91 Å². The summed E-state index contributed by atoms with van der Waals surface area (Å²) in [5.41, 5.74) is 2.48. The summed E-state index contributed by atoms with van der Waals surface area (Å²) in [5, 5.41) is 15.7. The van der Waals surface area contributed by atoms with E-state index in [9.17, 15) is 14.0 Å². The van der Waals surface area contributed by atoms with Crippen LogP contribution in [0.4, 0.5) is 4.39 Å². The molecule has 0 aliphatic carbocycles. The molecular formula is C23H19ClFN3O4. The number of fused-ring (bicyclic) bond motifs is 1. The number of carboxylic acid groups (broad SMARTS) is 1. The van der Waals surface area contributed by atoms with Crippen LogP contribution in [0.5, 0.6) is 5.75 Å². The van der Waals surface area contributed by atoms with Crippen molar-refractivity contribution in [2.45, 2.75) is 25.3 Å². The van der Waals surface area contributed by atoms with Crippen LogP contribution in [0, 0.1) is 5.82 Å². The number of benzene rings is 2. The predicted molar refractivity (Wildman–Crippen MR) is 117 cm³/mol. The highest BCUT2D eigenvalue weighted by molar-refractivity contribution is 6.30. The molecule has 3 aromatic rings. The van der Waals surface area contributed by atoms with Crippen molar-refractivity contribution in [2.75, 3.05) is 7.11 Å². The van der Waals surface area contributed by atoms with E-state index in [1.807, 2.05) is 12.1 Å². The molecule has 1 amide bonds. The van der Waals surface area contributed by atoms with Crippen molar-refractivity contribution in [2.24, 2.45) is 5.10 Å². The van der Waals surface area contributed by atoms with Gasteiger partial charge >= 0.3 is 5.97 Å². The van der Waals surface area contributed by atoms with E-state index in [4.69, 9.17) is 21.4 Å². The molecule has 0 saturated heterocycles. The van der Waals surface area contributed by atoms with Crippen LogP contribution < -0.4 is 4.74 Å². The number of hydrazone groups is 1. The van der Waals surface area contributed by atoms with Gasteiger partial charge < -0.3 is 9.84 Å². The third kappa shape index (κ3) is 4.40. The lowest BCUT2D eigenvalue weighted by atomic mass is 9.98. The minimum absolute atomic E-state index is 0.210. The molecule has 0 spiro atoms. The highest BCUT2D eigenvalue weighted by Gasteiger charge is 2.35. The van der Waals surface area contributed by atoms with Crippen LogP contribution in [-0.2, 0) is 9.59 Å². The van der Waals surface area contributed by atoms with Crippen LogP contribution in [0.25, 0.3) is 10.9 Å². The number of hydrogen-bond acceptors (Lipinski definition) is 5. The van der Waals surface area contributed by atoms with E-state index >= 15 is 0 Å². The predicted octanol–water partition coefficient (Wildman–Crippen LogP) is 4.58. The second-order valence-corrected chi connectivity index (χ2v) is 7.69. The highest BCUT2D eigenvalue weighted by atomic mass is 35.5. The number of amides is 1. The van der Waals surface area contributed by atoms with Gasteiger partial charge in [-0.2, -0.15) is 5.10 Å². The lowest BCUT2D eigenvalue weighted by Crippen LogP contribution is -2.27. The first kappa shape index (κ1) is 21.7. The summed E-state index contributed by atoms with van der Waals surface area (Å²) in [6, 6.07) is 12.4. The number of carbonyl (C=O) groups excluding carboxylic acids is 1. The van der Waals surface area contributed by atoms with Crippen LogP contribution in [0.1, 0.15) is 36.4 Å². The van der Waals surface area contributed by atoms with Gasteiger partial charge in [0, 0.05) is 23.8 Å². The number of carbonyl (C=O) groups is 2. The van der Waals surface area contributed by atoms with E-state index in [2.05, 4.69) is 10.1 Å². The summed E-state index contributed by atoms with van der Waals surface area (Å²) in [6.07, 6.45) is -0.204. The Labute approximate surface area is 188 Å². The molecule has 0 bridgehead atoms. The van der Waals surface area contributed by atoms with Crippen LogP contribution >= 0.6 is 11.6 Å². The Morgan fingerprint density at radius 2 is 1.94 bits per heavy atom. The van der Waals surface area contributed by atoms with Crippen molar-refractivity contribution in [1.29, 1.82) is 0 Å². The molecule has 1 N–H and O–H groups in total. The maximum atomic E-state index is 13.4. The molecule has 1 aliphatic heterocycles. The number of halogens is 2. The number of nitrogens with zero attached hydrogens (tertiary/aromatic N) is 3. The first-order chi connectivity index (χ1) is 15.4. The van der Waals surface area contributed by atoms with Crippen molar-refractivity contribution in [1.82, 2.24) is 9.99 Å². The highest BCUT2D eigenvalue weighted by Crippen LogP contribution is 2.38. The Morgan fingerprint density at radius 3 is 2.62 bits per heavy atom. The number of pyridine rings is 1. The Bertz CT molecular complexity index is 1230. The van der Waals surface area contributed by atoms with Gasteiger partial charge in [0.1, 0.15) is 16.7 Å². The summed E-state index contributed by atoms with van der Waals surface area (Å²) >= 11 is 6.49. The molecule has 32 heavy (non-hydrogen) atoms. The lowest BCUT2D eigenvalue weighted by Gasteiger charge is -2.23. The van der Waals surface area contributed by atoms with Gasteiger partial charge in [-0.05, 0) is 42.0 Å². The molecule has 1 atom stereocenters. The number of ether oxygens (including phenoxy) is 1. The van der Waals surface area contributed by atoms with E-state index in [0.717, 1.165) is 5.39 Å². The third-order valence-corrected chi connectivity index (χ3v) is 5.56. The Kier molecular flexibility index (Phi) is 6.05. The van der Waals surface area contributed by atoms with Gasteiger partial charge in [0.05, 0.1) is 30.8 Å². The molecule has 1 aromatic heterocycles. The summed E-state index contributed by atoms with van der Waals surface area (Å²) in [6.45, 7) is 0. The molecule has 2 heterocycles. The molecule has 0 saturated carbocycles. The number of carboxylic acids is 1. The topological polar surface area (TPSA) is 92.1 Å². The molecule has 164 valence electrons. The fourth-order valence-corrected chi connectivity index (χ4v) is 3.91. The van der Waals surface area contributed by atoms with Crippen molar-refractivity contribution in [3.8, 4) is 5.75 Å². The fraction of sp³-hybridized carbons (Fsp3) is 0.217. The van der Waals surface area contributed by atoms with Gasteiger partial charge in [-0.25, -0.2) is 14.4 Å². The summed E-state index contributed by atoms with van der Waals surface area (Å²) in [5.74, 6) is -1.25. The van der Waals surface area contributed by atoms with Crippen molar-refractivity contribution >= 4 is 40.1 Å². The number of aromatic nitrogens is 1. The SMILES string of the molecule is COc1ccc2nc(Cl)c([C@H]3CC(c4ccc(F)cc4)=NN3C(=O)CCC(=O)O)cc2c1. The van der Waals surface area contributed by atoms with Crippen LogP contribution in [0.15, 0.2) is 53.6 Å². The van der Waals surface area contributed by atoms with Crippen LogP contribution in [0.2, 0.25) is 5.15 Å². The molecule has 4 rings (SSSR count). The normalized spacial score (nSPS) is 15.7. The Balaban J connectivity index is 1.74. The second kappa shape index (κ2) is 8.92. The van der Waals surface area contributed by atoms with Gasteiger partial charge in [0.25, 0.3) is 0 Å². The smallest absolute Gasteiger partial charge is 0.303 e. The molecule has 0 unspecified atom stereocenters. The van der Waals surface area contributed by atoms with Gasteiger partial charge in [-0.3, -0.25) is 9.59 Å². The summed E-state index contributed by atoms with van der Waals surface area (Å²) in [4.78, 5) is 28.3. The second-order valence-electron chi connectivity index (χ2n) is 7.33. The van der Waals surface area contributed by atoms with Gasteiger partial charge in [-0.15, -0.1) is 0 Å². The number of rotatable bonds is 6. The molecule has 2 aromatic carbocycles. The fourth-order valence-electron chi connectivity index (χ4n) is 3.64. The first-order valence-corrected chi connectivity index (χ1v) is 10.2. The minimum atomic E-state index is -1.07. The summed E-state index contributed by atoms with van der Waals surface area (Å²) in [7, 11) is 1.56.